The molecule has 1 rings (SSSR count). The summed E-state index contributed by atoms with van der Waals surface area (Å²) in [4.78, 5) is 0. The van der Waals surface area contributed by atoms with E-state index in [1.807, 2.05) is 6.20 Å². The van der Waals surface area contributed by atoms with Crippen LogP contribution in [0.1, 0.15) is 40.3 Å². The fraction of sp³-hybridized carbons (Fsp3) is 0.800. The summed E-state index contributed by atoms with van der Waals surface area (Å²) < 4.78 is 1.68. The van der Waals surface area contributed by atoms with E-state index in [-0.39, 0.29) is 5.41 Å². The Morgan fingerprint density at radius 2 is 1.86 bits per heavy atom. The molecule has 0 radical (unpaired) electrons. The molecular formula is C10H19N3O. The first kappa shape index (κ1) is 11.2. The second-order valence-corrected chi connectivity index (χ2v) is 5.36. The molecule has 0 spiro atoms. The van der Waals surface area contributed by atoms with Crippen LogP contribution in [0, 0.1) is 0 Å². The van der Waals surface area contributed by atoms with Gasteiger partial charge in [-0.15, -0.1) is 5.10 Å². The van der Waals surface area contributed by atoms with Crippen molar-refractivity contribution in [2.24, 2.45) is 0 Å². The van der Waals surface area contributed by atoms with Gasteiger partial charge in [0.05, 0.1) is 17.8 Å². The van der Waals surface area contributed by atoms with E-state index in [9.17, 15) is 5.11 Å². The van der Waals surface area contributed by atoms with Crippen molar-refractivity contribution in [3.05, 3.63) is 11.9 Å². The van der Waals surface area contributed by atoms with Gasteiger partial charge in [-0.1, -0.05) is 26.0 Å². The summed E-state index contributed by atoms with van der Waals surface area (Å²) in [7, 11) is 0. The van der Waals surface area contributed by atoms with Gasteiger partial charge in [-0.3, -0.25) is 0 Å². The molecule has 4 heteroatoms. The van der Waals surface area contributed by atoms with Crippen LogP contribution in [0.4, 0.5) is 0 Å². The van der Waals surface area contributed by atoms with Crippen molar-refractivity contribution in [1.82, 2.24) is 15.0 Å². The monoisotopic (exact) mass is 197 g/mol. The normalized spacial score (nSPS) is 13.3. The molecule has 0 aliphatic heterocycles. The van der Waals surface area contributed by atoms with Gasteiger partial charge in [-0.2, -0.15) is 0 Å². The maximum atomic E-state index is 9.59. The second-order valence-electron chi connectivity index (χ2n) is 5.36. The summed E-state index contributed by atoms with van der Waals surface area (Å²) in [5, 5.41) is 17.6. The minimum atomic E-state index is -0.747. The molecule has 0 unspecified atom stereocenters. The molecule has 0 saturated carbocycles. The lowest BCUT2D eigenvalue weighted by Gasteiger charge is -2.16. The summed E-state index contributed by atoms with van der Waals surface area (Å²) in [5.41, 5.74) is 0.211. The van der Waals surface area contributed by atoms with Crippen LogP contribution in [0.25, 0.3) is 0 Å². The highest BCUT2D eigenvalue weighted by Gasteiger charge is 2.20. The highest BCUT2D eigenvalue weighted by atomic mass is 16.3. The van der Waals surface area contributed by atoms with E-state index in [4.69, 9.17) is 0 Å². The van der Waals surface area contributed by atoms with Gasteiger partial charge in [-0.05, 0) is 13.8 Å². The van der Waals surface area contributed by atoms with Crippen molar-refractivity contribution >= 4 is 0 Å². The number of aliphatic hydroxyl groups is 1. The first-order valence-corrected chi connectivity index (χ1v) is 4.81. The summed E-state index contributed by atoms with van der Waals surface area (Å²) in [6.45, 7) is 10.2. The number of hydrogen-bond acceptors (Lipinski definition) is 3. The molecule has 0 atom stereocenters. The topological polar surface area (TPSA) is 50.9 Å². The summed E-state index contributed by atoms with van der Waals surface area (Å²) >= 11 is 0. The third kappa shape index (κ3) is 3.10. The SMILES string of the molecule is CC(C)(O)Cn1cc(C(C)(C)C)nn1. The molecule has 0 aliphatic rings. The van der Waals surface area contributed by atoms with Gasteiger partial charge in [-0.25, -0.2) is 4.68 Å². The highest BCUT2D eigenvalue weighted by molar-refractivity contribution is 5.06. The molecule has 14 heavy (non-hydrogen) atoms. The Bertz CT molecular complexity index is 304. The zero-order valence-corrected chi connectivity index (χ0v) is 9.57. The quantitative estimate of drug-likeness (QED) is 0.778. The van der Waals surface area contributed by atoms with Gasteiger partial charge in [0.2, 0.25) is 0 Å². The van der Waals surface area contributed by atoms with Crippen molar-refractivity contribution in [3.63, 3.8) is 0 Å². The first-order valence-electron chi connectivity index (χ1n) is 4.81. The number of hydrogen-bond donors (Lipinski definition) is 1. The Hall–Kier alpha value is -0.900. The Morgan fingerprint density at radius 3 is 2.21 bits per heavy atom. The van der Waals surface area contributed by atoms with Gasteiger partial charge < -0.3 is 5.11 Å². The first-order chi connectivity index (χ1) is 6.18. The largest absolute Gasteiger partial charge is 0.389 e. The van der Waals surface area contributed by atoms with Gasteiger partial charge in [0.15, 0.2) is 0 Å². The predicted molar refractivity (Wildman–Crippen MR) is 55.0 cm³/mol. The zero-order chi connectivity index (χ0) is 11.0. The molecule has 0 saturated heterocycles. The van der Waals surface area contributed by atoms with Crippen LogP contribution < -0.4 is 0 Å². The van der Waals surface area contributed by atoms with Gasteiger partial charge >= 0.3 is 0 Å². The van der Waals surface area contributed by atoms with Crippen LogP contribution in [0.2, 0.25) is 0 Å². The molecule has 1 N–H and O–H groups in total. The lowest BCUT2D eigenvalue weighted by molar-refractivity contribution is 0.0571. The van der Waals surface area contributed by atoms with E-state index >= 15 is 0 Å². The van der Waals surface area contributed by atoms with E-state index in [1.165, 1.54) is 0 Å². The van der Waals surface area contributed by atoms with Crippen molar-refractivity contribution in [2.45, 2.75) is 52.2 Å². The molecule has 0 amide bonds. The lowest BCUT2D eigenvalue weighted by atomic mass is 9.93. The average molecular weight is 197 g/mol. The lowest BCUT2D eigenvalue weighted by Crippen LogP contribution is -2.26. The maximum Gasteiger partial charge on any atom is 0.0880 e. The molecule has 0 aromatic carbocycles. The zero-order valence-electron chi connectivity index (χ0n) is 9.57. The maximum absolute atomic E-state index is 9.59. The Morgan fingerprint density at radius 1 is 1.29 bits per heavy atom. The van der Waals surface area contributed by atoms with E-state index in [2.05, 4.69) is 31.1 Å². The van der Waals surface area contributed by atoms with Gasteiger partial charge in [0.1, 0.15) is 0 Å². The van der Waals surface area contributed by atoms with Crippen LogP contribution >= 0.6 is 0 Å². The van der Waals surface area contributed by atoms with E-state index in [0.29, 0.717) is 6.54 Å². The Labute approximate surface area is 84.9 Å². The van der Waals surface area contributed by atoms with Gasteiger partial charge in [0, 0.05) is 11.6 Å². The molecule has 0 bridgehead atoms. The van der Waals surface area contributed by atoms with E-state index < -0.39 is 5.60 Å². The molecule has 80 valence electrons. The van der Waals surface area contributed by atoms with Crippen LogP contribution in [-0.4, -0.2) is 25.7 Å². The average Bonchev–Trinajstić information content (AvgIpc) is 2.29. The highest BCUT2D eigenvalue weighted by Crippen LogP contribution is 2.19. The smallest absolute Gasteiger partial charge is 0.0880 e. The van der Waals surface area contributed by atoms with Crippen LogP contribution in [0.15, 0.2) is 6.20 Å². The number of aromatic nitrogens is 3. The minimum Gasteiger partial charge on any atom is -0.389 e. The fourth-order valence-corrected chi connectivity index (χ4v) is 1.12. The fourth-order valence-electron chi connectivity index (χ4n) is 1.12. The number of nitrogens with zero attached hydrogens (tertiary/aromatic N) is 3. The second kappa shape index (κ2) is 3.35. The van der Waals surface area contributed by atoms with Crippen molar-refractivity contribution in [2.75, 3.05) is 0 Å². The van der Waals surface area contributed by atoms with Crippen LogP contribution in [0.3, 0.4) is 0 Å². The summed E-state index contributed by atoms with van der Waals surface area (Å²) in [6, 6.07) is 0. The molecule has 1 aromatic heterocycles. The van der Waals surface area contributed by atoms with Gasteiger partial charge in [0.25, 0.3) is 0 Å². The van der Waals surface area contributed by atoms with Crippen molar-refractivity contribution < 1.29 is 5.11 Å². The van der Waals surface area contributed by atoms with E-state index in [0.717, 1.165) is 5.69 Å². The molecule has 4 nitrogen and oxygen atoms in total. The molecular weight excluding hydrogens is 178 g/mol. The third-order valence-electron chi connectivity index (χ3n) is 1.86. The molecule has 1 heterocycles. The Balaban J connectivity index is 2.79. The summed E-state index contributed by atoms with van der Waals surface area (Å²) in [5.74, 6) is 0. The third-order valence-corrected chi connectivity index (χ3v) is 1.86. The number of rotatable bonds is 2. The molecule has 0 aliphatic carbocycles. The minimum absolute atomic E-state index is 0.0118. The molecule has 1 aromatic rings. The Kier molecular flexibility index (Phi) is 2.67. The molecule has 0 fully saturated rings. The van der Waals surface area contributed by atoms with E-state index in [1.54, 1.807) is 18.5 Å². The standard InChI is InChI=1S/C10H19N3O/c1-9(2,3)8-6-13(12-11-8)7-10(4,5)14/h6,14H,7H2,1-5H3. The predicted octanol–water partition coefficient (Wildman–Crippen LogP) is 1.35. The van der Waals surface area contributed by atoms with Crippen LogP contribution in [-0.2, 0) is 12.0 Å². The van der Waals surface area contributed by atoms with Crippen molar-refractivity contribution in [3.8, 4) is 0 Å². The van der Waals surface area contributed by atoms with Crippen LogP contribution in [0.5, 0.6) is 0 Å². The summed E-state index contributed by atoms with van der Waals surface area (Å²) in [6.07, 6.45) is 1.89. The van der Waals surface area contributed by atoms with Crippen molar-refractivity contribution in [1.29, 1.82) is 0 Å².